The van der Waals surface area contributed by atoms with E-state index in [4.69, 9.17) is 4.98 Å². The van der Waals surface area contributed by atoms with Gasteiger partial charge in [0.2, 0.25) is 0 Å². The van der Waals surface area contributed by atoms with Gasteiger partial charge in [0, 0.05) is 28.3 Å². The molecule has 128 valence electrons. The van der Waals surface area contributed by atoms with Gasteiger partial charge in [-0.1, -0.05) is 0 Å². The molecule has 0 aliphatic heterocycles. The summed E-state index contributed by atoms with van der Waals surface area (Å²) in [4.78, 5) is 22.1. The van der Waals surface area contributed by atoms with Gasteiger partial charge in [0.15, 0.2) is 5.13 Å². The lowest BCUT2D eigenvalue weighted by atomic mass is 9.87. The van der Waals surface area contributed by atoms with E-state index < -0.39 is 16.8 Å². The molecule has 0 aromatic carbocycles. The van der Waals surface area contributed by atoms with Gasteiger partial charge in [-0.3, -0.25) is 4.79 Å². The number of alkyl halides is 2. The average Bonchev–Trinajstić information content (AvgIpc) is 3.07. The molecular weight excluding hydrogens is 364 g/mol. The minimum Gasteiger partial charge on any atom is -0.267 e. The zero-order valence-corrected chi connectivity index (χ0v) is 14.9. The predicted octanol–water partition coefficient (Wildman–Crippen LogP) is 4.11. The number of aryl methyl sites for hydroxylation is 1. The van der Waals surface area contributed by atoms with Crippen molar-refractivity contribution in [3.05, 3.63) is 38.7 Å². The maximum absolute atomic E-state index is 14.0. The molecule has 3 aliphatic carbocycles. The van der Waals surface area contributed by atoms with Gasteiger partial charge < -0.3 is 0 Å². The van der Waals surface area contributed by atoms with E-state index in [0.717, 1.165) is 5.56 Å². The molecule has 0 bridgehead atoms. The lowest BCUT2D eigenvalue weighted by molar-refractivity contribution is -0.0184. The number of fused-ring (bicyclic) bond motifs is 1. The average molecular weight is 377 g/mol. The second kappa shape index (κ2) is 4.01. The van der Waals surface area contributed by atoms with E-state index in [-0.39, 0.29) is 11.5 Å². The molecule has 0 saturated heterocycles. The largest absolute Gasteiger partial charge is 0.277 e. The highest BCUT2D eigenvalue weighted by molar-refractivity contribution is 7.17. The summed E-state index contributed by atoms with van der Waals surface area (Å²) in [5.74, 6) is -2.00. The van der Waals surface area contributed by atoms with Crippen molar-refractivity contribution in [3.8, 4) is 5.13 Å². The van der Waals surface area contributed by atoms with Crippen LogP contribution in [-0.2, 0) is 0 Å². The molecule has 3 aromatic heterocycles. The van der Waals surface area contributed by atoms with Crippen LogP contribution in [0.2, 0.25) is 0 Å². The van der Waals surface area contributed by atoms with E-state index in [2.05, 4.69) is 4.98 Å². The third kappa shape index (κ3) is 1.40. The maximum Gasteiger partial charge on any atom is 0.277 e. The number of thiazole rings is 1. The monoisotopic (exact) mass is 377 g/mol. The summed E-state index contributed by atoms with van der Waals surface area (Å²) in [6.07, 6.45) is 3.12. The van der Waals surface area contributed by atoms with Crippen LogP contribution in [0.15, 0.2) is 21.8 Å². The fraction of sp³-hybridized carbons (Fsp3) is 0.471. The highest BCUT2D eigenvalue weighted by atomic mass is 32.1. The Balaban J connectivity index is 1.56. The van der Waals surface area contributed by atoms with Crippen LogP contribution in [0.3, 0.4) is 0 Å². The highest BCUT2D eigenvalue weighted by Crippen LogP contribution is 3.01. The molecule has 3 saturated carbocycles. The minimum atomic E-state index is -2.51. The Morgan fingerprint density at radius 2 is 2.04 bits per heavy atom. The molecule has 6 rings (SSSR count). The normalized spacial score (nSPS) is 34.1. The summed E-state index contributed by atoms with van der Waals surface area (Å²) < 4.78 is 30.1. The van der Waals surface area contributed by atoms with Crippen LogP contribution in [0, 0.1) is 17.8 Å². The molecule has 2 atom stereocenters. The molecule has 8 heteroatoms. The third-order valence-electron chi connectivity index (χ3n) is 6.49. The van der Waals surface area contributed by atoms with Crippen LogP contribution in [-0.4, -0.2) is 20.5 Å². The fourth-order valence-electron chi connectivity index (χ4n) is 5.10. The van der Waals surface area contributed by atoms with E-state index in [0.29, 0.717) is 40.4 Å². The van der Waals surface area contributed by atoms with Crippen LogP contribution in [0.25, 0.3) is 15.3 Å². The Kier molecular flexibility index (Phi) is 2.33. The topological polar surface area (TPSA) is 47.8 Å². The molecule has 25 heavy (non-hydrogen) atoms. The van der Waals surface area contributed by atoms with Gasteiger partial charge in [0.25, 0.3) is 11.5 Å². The second-order valence-corrected chi connectivity index (χ2v) is 9.29. The second-order valence-electron chi connectivity index (χ2n) is 7.54. The number of nitrogens with zero attached hydrogens (tertiary/aromatic N) is 3. The summed E-state index contributed by atoms with van der Waals surface area (Å²) in [5, 5.41) is 4.30. The van der Waals surface area contributed by atoms with Gasteiger partial charge >= 0.3 is 0 Å². The van der Waals surface area contributed by atoms with Crippen molar-refractivity contribution >= 4 is 32.9 Å². The van der Waals surface area contributed by atoms with Crippen LogP contribution in [0.1, 0.15) is 36.6 Å². The molecule has 0 amide bonds. The van der Waals surface area contributed by atoms with Crippen LogP contribution < -0.4 is 5.56 Å². The summed E-state index contributed by atoms with van der Waals surface area (Å²) in [6, 6.07) is 0. The van der Waals surface area contributed by atoms with Gasteiger partial charge in [-0.2, -0.15) is 0 Å². The molecule has 4 nitrogen and oxygen atoms in total. The van der Waals surface area contributed by atoms with Crippen LogP contribution in [0.5, 0.6) is 0 Å². The molecule has 3 aliphatic rings. The van der Waals surface area contributed by atoms with Crippen molar-refractivity contribution in [3.63, 3.8) is 0 Å². The Bertz CT molecular complexity index is 1100. The van der Waals surface area contributed by atoms with Crippen molar-refractivity contribution in [1.82, 2.24) is 14.5 Å². The van der Waals surface area contributed by atoms with Crippen molar-refractivity contribution in [2.24, 2.45) is 10.8 Å². The summed E-state index contributed by atoms with van der Waals surface area (Å²) in [6.45, 7) is 1.93. The number of aromatic nitrogens is 3. The fourth-order valence-corrected chi connectivity index (χ4v) is 6.66. The zero-order valence-electron chi connectivity index (χ0n) is 13.3. The highest BCUT2D eigenvalue weighted by Gasteiger charge is 3.05. The maximum atomic E-state index is 14.0. The SMILES string of the molecule is Cc1csc2c(=O)n(-c3nccs3)c(C3CC45CC4(C3)C5(F)F)nc12. The van der Waals surface area contributed by atoms with Crippen LogP contribution >= 0.6 is 22.7 Å². The quantitative estimate of drug-likeness (QED) is 0.675. The number of halogens is 2. The summed E-state index contributed by atoms with van der Waals surface area (Å²) in [7, 11) is 0. The summed E-state index contributed by atoms with van der Waals surface area (Å²) >= 11 is 2.75. The Hall–Kier alpha value is -1.67. The lowest BCUT2D eigenvalue weighted by Crippen LogP contribution is -2.29. The lowest BCUT2D eigenvalue weighted by Gasteiger charge is -2.26. The minimum absolute atomic E-state index is 0.103. The zero-order chi connectivity index (χ0) is 17.2. The van der Waals surface area contributed by atoms with Gasteiger partial charge in [-0.25, -0.2) is 23.3 Å². The van der Waals surface area contributed by atoms with E-state index in [1.807, 2.05) is 17.7 Å². The molecule has 0 spiro atoms. The Morgan fingerprint density at radius 1 is 1.28 bits per heavy atom. The first-order valence-electron chi connectivity index (χ1n) is 8.20. The van der Waals surface area contributed by atoms with E-state index in [1.165, 1.54) is 22.7 Å². The molecule has 2 unspecified atom stereocenters. The Morgan fingerprint density at radius 3 is 2.68 bits per heavy atom. The molecule has 0 radical (unpaired) electrons. The first-order chi connectivity index (χ1) is 11.9. The number of rotatable bonds is 2. The van der Waals surface area contributed by atoms with E-state index >= 15 is 0 Å². The van der Waals surface area contributed by atoms with Gasteiger partial charge in [-0.05, 0) is 37.1 Å². The first kappa shape index (κ1) is 14.5. The summed E-state index contributed by atoms with van der Waals surface area (Å²) in [5.41, 5.74) is -0.0961. The van der Waals surface area contributed by atoms with Crippen molar-refractivity contribution < 1.29 is 8.78 Å². The van der Waals surface area contributed by atoms with E-state index in [9.17, 15) is 13.6 Å². The van der Waals surface area contributed by atoms with Gasteiger partial charge in [0.1, 0.15) is 10.5 Å². The van der Waals surface area contributed by atoms with Gasteiger partial charge in [-0.15, -0.1) is 22.7 Å². The molecule has 0 N–H and O–H groups in total. The van der Waals surface area contributed by atoms with Crippen molar-refractivity contribution in [2.45, 2.75) is 38.0 Å². The molecule has 3 fully saturated rings. The number of thiophene rings is 1. The molecular formula is C17H13F2N3OS2. The smallest absolute Gasteiger partial charge is 0.267 e. The molecule has 3 heterocycles. The van der Waals surface area contributed by atoms with Crippen molar-refractivity contribution in [1.29, 1.82) is 0 Å². The third-order valence-corrected chi connectivity index (χ3v) is 8.33. The van der Waals surface area contributed by atoms with Crippen LogP contribution in [0.4, 0.5) is 8.78 Å². The Labute approximate surface area is 149 Å². The van der Waals surface area contributed by atoms with Gasteiger partial charge in [0.05, 0.1) is 5.52 Å². The van der Waals surface area contributed by atoms with E-state index in [1.54, 1.807) is 10.8 Å². The van der Waals surface area contributed by atoms with Crippen molar-refractivity contribution in [2.75, 3.05) is 0 Å². The number of hydrogen-bond acceptors (Lipinski definition) is 5. The standard InChI is InChI=1S/C17H13F2N3OS2/c1-8-6-25-11-10(8)21-12(22(13(11)23)14-20-2-3-24-14)9-4-15-7-16(15,5-9)17(15,18)19/h2-3,6,9H,4-5,7H2,1H3. The molecule has 3 aromatic rings. The predicted molar refractivity (Wildman–Crippen MR) is 92.0 cm³/mol. The number of hydrogen-bond donors (Lipinski definition) is 0. The first-order valence-corrected chi connectivity index (χ1v) is 9.96.